The molecule has 2 rings (SSSR count). The third-order valence-corrected chi connectivity index (χ3v) is 3.54. The molecule has 0 spiro atoms. The summed E-state index contributed by atoms with van der Waals surface area (Å²) in [6, 6.07) is 7.94. The van der Waals surface area contributed by atoms with Crippen molar-refractivity contribution < 1.29 is 4.74 Å². The van der Waals surface area contributed by atoms with Crippen LogP contribution in [0, 0.1) is 6.92 Å². The van der Waals surface area contributed by atoms with Crippen molar-refractivity contribution in [1.29, 1.82) is 0 Å². The predicted octanol–water partition coefficient (Wildman–Crippen LogP) is 3.19. The van der Waals surface area contributed by atoms with E-state index in [0.717, 1.165) is 27.0 Å². The van der Waals surface area contributed by atoms with E-state index in [4.69, 9.17) is 10.6 Å². The summed E-state index contributed by atoms with van der Waals surface area (Å²) in [7, 11) is 0. The number of ether oxygens (including phenoxy) is 1. The van der Waals surface area contributed by atoms with Crippen LogP contribution in [-0.2, 0) is 0 Å². The van der Waals surface area contributed by atoms with Crippen molar-refractivity contribution in [1.82, 2.24) is 4.98 Å². The average Bonchev–Trinajstić information content (AvgIpc) is 2.71. The summed E-state index contributed by atoms with van der Waals surface area (Å²) < 4.78 is 5.61. The van der Waals surface area contributed by atoms with Gasteiger partial charge in [-0.2, -0.15) is 0 Å². The molecule has 5 heteroatoms. The van der Waals surface area contributed by atoms with Gasteiger partial charge in [-0.15, -0.1) is 0 Å². The van der Waals surface area contributed by atoms with Crippen LogP contribution in [0.2, 0.25) is 0 Å². The molecular formula is C13H17N3OS. The number of rotatable bonds is 4. The number of hydrogen-bond donors (Lipinski definition) is 2. The van der Waals surface area contributed by atoms with Crippen LogP contribution in [0.1, 0.15) is 19.5 Å². The quantitative estimate of drug-likeness (QED) is 0.657. The smallest absolute Gasteiger partial charge is 0.126 e. The summed E-state index contributed by atoms with van der Waals surface area (Å²) in [4.78, 5) is 4.48. The molecule has 1 aromatic heterocycles. The Kier molecular flexibility index (Phi) is 3.84. The van der Waals surface area contributed by atoms with Crippen molar-refractivity contribution in [2.24, 2.45) is 5.84 Å². The van der Waals surface area contributed by atoms with Crippen LogP contribution in [0.4, 0.5) is 5.00 Å². The van der Waals surface area contributed by atoms with Crippen molar-refractivity contribution in [2.45, 2.75) is 26.9 Å². The SMILES string of the molecule is Cc1nc(-c2ccc(OC(C)C)cc2)sc1NN. The molecule has 0 aliphatic rings. The third-order valence-electron chi connectivity index (χ3n) is 2.40. The lowest BCUT2D eigenvalue weighted by Gasteiger charge is -2.09. The highest BCUT2D eigenvalue weighted by atomic mass is 32.1. The summed E-state index contributed by atoms with van der Waals surface area (Å²) in [5.74, 6) is 6.30. The summed E-state index contributed by atoms with van der Waals surface area (Å²) in [5.41, 5.74) is 4.64. The minimum absolute atomic E-state index is 0.186. The first-order valence-corrected chi connectivity index (χ1v) is 6.63. The van der Waals surface area contributed by atoms with Crippen LogP contribution < -0.4 is 16.0 Å². The number of nitrogens with zero attached hydrogens (tertiary/aromatic N) is 1. The number of hydrazine groups is 1. The summed E-state index contributed by atoms with van der Waals surface area (Å²) >= 11 is 1.54. The maximum absolute atomic E-state index is 5.61. The Balaban J connectivity index is 2.22. The Bertz CT molecular complexity index is 520. The fourth-order valence-corrected chi connectivity index (χ4v) is 2.48. The molecule has 4 nitrogen and oxygen atoms in total. The second-order valence-corrected chi connectivity index (χ2v) is 5.27. The molecule has 0 radical (unpaired) electrons. The van der Waals surface area contributed by atoms with Crippen molar-refractivity contribution in [3.05, 3.63) is 30.0 Å². The van der Waals surface area contributed by atoms with E-state index < -0.39 is 0 Å². The van der Waals surface area contributed by atoms with Gasteiger partial charge in [0.15, 0.2) is 0 Å². The number of anilines is 1. The number of nitrogens with two attached hydrogens (primary N) is 1. The summed E-state index contributed by atoms with van der Waals surface area (Å²) in [6.45, 7) is 5.96. The lowest BCUT2D eigenvalue weighted by Crippen LogP contribution is -2.05. The van der Waals surface area contributed by atoms with E-state index >= 15 is 0 Å². The highest BCUT2D eigenvalue weighted by Crippen LogP contribution is 2.31. The zero-order valence-corrected chi connectivity index (χ0v) is 11.5. The summed E-state index contributed by atoms with van der Waals surface area (Å²) in [6.07, 6.45) is 0.186. The number of hydrogen-bond acceptors (Lipinski definition) is 5. The number of aryl methyl sites for hydroxylation is 1. The fraction of sp³-hybridized carbons (Fsp3) is 0.308. The van der Waals surface area contributed by atoms with E-state index in [2.05, 4.69) is 10.4 Å². The molecule has 18 heavy (non-hydrogen) atoms. The van der Waals surface area contributed by atoms with Crippen LogP contribution >= 0.6 is 11.3 Å². The van der Waals surface area contributed by atoms with Gasteiger partial charge in [-0.25, -0.2) is 10.8 Å². The molecule has 3 N–H and O–H groups in total. The molecule has 96 valence electrons. The first kappa shape index (κ1) is 12.9. The van der Waals surface area contributed by atoms with Gasteiger partial charge in [-0.3, -0.25) is 0 Å². The molecule has 0 bridgehead atoms. The second kappa shape index (κ2) is 5.37. The van der Waals surface area contributed by atoms with E-state index in [9.17, 15) is 0 Å². The molecule has 0 saturated heterocycles. The van der Waals surface area contributed by atoms with Gasteiger partial charge in [-0.05, 0) is 45.0 Å². The van der Waals surface area contributed by atoms with Gasteiger partial charge in [-0.1, -0.05) is 11.3 Å². The molecule has 0 unspecified atom stereocenters. The Labute approximate surface area is 111 Å². The first-order chi connectivity index (χ1) is 8.60. The summed E-state index contributed by atoms with van der Waals surface area (Å²) in [5, 5.41) is 1.85. The number of aromatic nitrogens is 1. The van der Waals surface area contributed by atoms with Gasteiger partial charge < -0.3 is 10.2 Å². The topological polar surface area (TPSA) is 60.2 Å². The monoisotopic (exact) mass is 263 g/mol. The van der Waals surface area contributed by atoms with E-state index in [-0.39, 0.29) is 6.10 Å². The highest BCUT2D eigenvalue weighted by molar-refractivity contribution is 7.19. The second-order valence-electron chi connectivity index (χ2n) is 4.27. The molecule has 2 aromatic rings. The van der Waals surface area contributed by atoms with Gasteiger partial charge in [0.1, 0.15) is 15.8 Å². The molecular weight excluding hydrogens is 246 g/mol. The average molecular weight is 263 g/mol. The first-order valence-electron chi connectivity index (χ1n) is 5.81. The number of benzene rings is 1. The number of nitrogen functional groups attached to an aromatic ring is 1. The fourth-order valence-electron chi connectivity index (χ4n) is 1.60. The van der Waals surface area contributed by atoms with Crippen LogP contribution in [0.25, 0.3) is 10.6 Å². The molecule has 0 fully saturated rings. The Morgan fingerprint density at radius 1 is 1.28 bits per heavy atom. The van der Waals surface area contributed by atoms with Crippen LogP contribution in [0.3, 0.4) is 0 Å². The van der Waals surface area contributed by atoms with Crippen LogP contribution in [-0.4, -0.2) is 11.1 Å². The van der Waals surface area contributed by atoms with Crippen molar-refractivity contribution >= 4 is 16.3 Å². The zero-order valence-electron chi connectivity index (χ0n) is 10.7. The van der Waals surface area contributed by atoms with Crippen molar-refractivity contribution in [3.63, 3.8) is 0 Å². The van der Waals surface area contributed by atoms with Gasteiger partial charge >= 0.3 is 0 Å². The third kappa shape index (κ3) is 2.80. The van der Waals surface area contributed by atoms with Gasteiger partial charge in [0.25, 0.3) is 0 Å². The number of thiazole rings is 1. The minimum Gasteiger partial charge on any atom is -0.491 e. The Morgan fingerprint density at radius 3 is 2.44 bits per heavy atom. The minimum atomic E-state index is 0.186. The van der Waals surface area contributed by atoms with Crippen LogP contribution in [0.5, 0.6) is 5.75 Å². The molecule has 0 atom stereocenters. The maximum atomic E-state index is 5.61. The molecule has 0 amide bonds. The van der Waals surface area contributed by atoms with Crippen LogP contribution in [0.15, 0.2) is 24.3 Å². The molecule has 0 aliphatic heterocycles. The maximum Gasteiger partial charge on any atom is 0.126 e. The number of nitrogens with one attached hydrogen (secondary N) is 1. The predicted molar refractivity (Wildman–Crippen MR) is 75.9 cm³/mol. The van der Waals surface area contributed by atoms with E-state index in [1.54, 1.807) is 11.3 Å². The van der Waals surface area contributed by atoms with E-state index in [1.165, 1.54) is 0 Å². The van der Waals surface area contributed by atoms with Gasteiger partial charge in [0.05, 0.1) is 11.8 Å². The normalized spacial score (nSPS) is 10.7. The Morgan fingerprint density at radius 2 is 1.94 bits per heavy atom. The van der Waals surface area contributed by atoms with E-state index in [1.807, 2.05) is 45.0 Å². The Hall–Kier alpha value is -1.59. The molecule has 1 aromatic carbocycles. The van der Waals surface area contributed by atoms with Crippen molar-refractivity contribution in [2.75, 3.05) is 5.43 Å². The lowest BCUT2D eigenvalue weighted by atomic mass is 10.2. The van der Waals surface area contributed by atoms with Crippen molar-refractivity contribution in [3.8, 4) is 16.3 Å². The molecule has 0 aliphatic carbocycles. The lowest BCUT2D eigenvalue weighted by molar-refractivity contribution is 0.242. The van der Waals surface area contributed by atoms with E-state index in [0.29, 0.717) is 0 Å². The van der Waals surface area contributed by atoms with Gasteiger partial charge in [0.2, 0.25) is 0 Å². The highest BCUT2D eigenvalue weighted by Gasteiger charge is 2.08. The van der Waals surface area contributed by atoms with Gasteiger partial charge in [0, 0.05) is 5.56 Å². The molecule has 0 saturated carbocycles. The zero-order chi connectivity index (χ0) is 13.1. The molecule has 1 heterocycles. The largest absolute Gasteiger partial charge is 0.491 e. The standard InChI is InChI=1S/C13H17N3OS/c1-8(2)17-11-6-4-10(5-7-11)13-15-9(3)12(16-14)18-13/h4-8,16H,14H2,1-3H3.